The number of amides is 1. The lowest BCUT2D eigenvalue weighted by Crippen LogP contribution is -2.42. The van der Waals surface area contributed by atoms with Crippen molar-refractivity contribution < 1.29 is 14.3 Å². The molecular formula is C25H28FN3O2. The first-order chi connectivity index (χ1) is 15.1. The van der Waals surface area contributed by atoms with Crippen LogP contribution in [0.15, 0.2) is 54.7 Å². The van der Waals surface area contributed by atoms with E-state index < -0.39 is 6.10 Å². The van der Waals surface area contributed by atoms with Crippen molar-refractivity contribution in [3.05, 3.63) is 77.2 Å². The highest BCUT2D eigenvalue weighted by molar-refractivity contribution is 5.78. The molecule has 3 aliphatic heterocycles. The molecule has 6 heteroatoms. The zero-order valence-corrected chi connectivity index (χ0v) is 17.5. The van der Waals surface area contributed by atoms with Crippen LogP contribution in [0.4, 0.5) is 4.39 Å². The first-order valence-corrected chi connectivity index (χ1v) is 11.1. The van der Waals surface area contributed by atoms with Crippen molar-refractivity contribution in [1.82, 2.24) is 15.1 Å². The summed E-state index contributed by atoms with van der Waals surface area (Å²) in [7, 11) is 0. The van der Waals surface area contributed by atoms with Crippen molar-refractivity contribution in [2.24, 2.45) is 5.92 Å². The van der Waals surface area contributed by atoms with E-state index in [1.165, 1.54) is 29.0 Å². The molecule has 2 N–H and O–H groups in total. The molecule has 0 saturated carbocycles. The number of hydrogen-bond donors (Lipinski definition) is 2. The molecule has 1 amide bonds. The monoisotopic (exact) mass is 421 g/mol. The first kappa shape index (κ1) is 20.1. The van der Waals surface area contributed by atoms with Crippen molar-refractivity contribution in [3.63, 3.8) is 0 Å². The molecule has 0 spiro atoms. The van der Waals surface area contributed by atoms with E-state index >= 15 is 0 Å². The van der Waals surface area contributed by atoms with Crippen LogP contribution in [0.1, 0.15) is 42.0 Å². The zero-order chi connectivity index (χ0) is 21.4. The number of nitrogens with one attached hydrogen (secondary N) is 1. The fraction of sp³-hybridized carbons (Fsp3) is 0.400. The highest BCUT2D eigenvalue weighted by atomic mass is 19.1. The predicted molar refractivity (Wildman–Crippen MR) is 117 cm³/mol. The molecule has 3 heterocycles. The van der Waals surface area contributed by atoms with Gasteiger partial charge in [-0.05, 0) is 48.4 Å². The summed E-state index contributed by atoms with van der Waals surface area (Å²) in [6.45, 7) is 2.11. The smallest absolute Gasteiger partial charge is 0.226 e. The van der Waals surface area contributed by atoms with E-state index in [1.54, 1.807) is 12.1 Å². The van der Waals surface area contributed by atoms with Gasteiger partial charge in [-0.3, -0.25) is 4.79 Å². The van der Waals surface area contributed by atoms with Gasteiger partial charge in [-0.1, -0.05) is 36.4 Å². The third kappa shape index (κ3) is 3.92. The quantitative estimate of drug-likeness (QED) is 0.778. The van der Waals surface area contributed by atoms with Crippen LogP contribution in [0.5, 0.6) is 0 Å². The summed E-state index contributed by atoms with van der Waals surface area (Å²) >= 11 is 0. The Morgan fingerprint density at radius 2 is 1.87 bits per heavy atom. The standard InChI is InChI=1S/C25H28FN3O2/c26-19-7-5-17(6-8-19)13-25(31)28-11-9-18(10-12-28)24(30)14-22-20-3-1-2-4-21(20)23-15-27-16-29(22)23/h1-8,15,18,22,24,27,30H,9-14,16H2. The van der Waals surface area contributed by atoms with Crippen LogP contribution in [0.3, 0.4) is 0 Å². The van der Waals surface area contributed by atoms with Gasteiger partial charge in [-0.25, -0.2) is 4.39 Å². The minimum atomic E-state index is -0.396. The normalized spacial score (nSPS) is 21.4. The molecule has 5 rings (SSSR count). The molecule has 162 valence electrons. The van der Waals surface area contributed by atoms with E-state index in [9.17, 15) is 14.3 Å². The molecule has 0 radical (unpaired) electrons. The van der Waals surface area contributed by atoms with Crippen molar-refractivity contribution in [3.8, 4) is 0 Å². The molecule has 5 nitrogen and oxygen atoms in total. The Bertz CT molecular complexity index is 983. The summed E-state index contributed by atoms with van der Waals surface area (Å²) < 4.78 is 13.1. The number of likely N-dealkylation sites (tertiary alicyclic amines) is 1. The van der Waals surface area contributed by atoms with E-state index in [4.69, 9.17) is 0 Å². The Kier molecular flexibility index (Phi) is 5.40. The number of halogens is 1. The highest BCUT2D eigenvalue weighted by Gasteiger charge is 2.38. The number of fused-ring (bicyclic) bond motifs is 3. The third-order valence-corrected chi connectivity index (χ3v) is 6.95. The second-order valence-corrected chi connectivity index (χ2v) is 8.79. The number of piperidine rings is 1. The number of carbonyl (C=O) groups is 1. The number of rotatable bonds is 5. The summed E-state index contributed by atoms with van der Waals surface area (Å²) in [4.78, 5) is 16.8. The van der Waals surface area contributed by atoms with Gasteiger partial charge in [0.25, 0.3) is 0 Å². The minimum Gasteiger partial charge on any atom is -0.393 e. The maximum atomic E-state index is 13.1. The van der Waals surface area contributed by atoms with Gasteiger partial charge < -0.3 is 20.2 Å². The summed E-state index contributed by atoms with van der Waals surface area (Å²) in [5.41, 5.74) is 4.60. The summed E-state index contributed by atoms with van der Waals surface area (Å²) in [5.74, 6) is -0.0176. The molecule has 0 aromatic heterocycles. The predicted octanol–water partition coefficient (Wildman–Crippen LogP) is 3.27. The Morgan fingerprint density at radius 1 is 1.13 bits per heavy atom. The van der Waals surface area contributed by atoms with Gasteiger partial charge in [0, 0.05) is 24.9 Å². The van der Waals surface area contributed by atoms with Gasteiger partial charge in [-0.2, -0.15) is 0 Å². The van der Waals surface area contributed by atoms with E-state index in [0.717, 1.165) is 25.1 Å². The van der Waals surface area contributed by atoms with Gasteiger partial charge >= 0.3 is 0 Å². The number of aliphatic hydroxyl groups is 1. The molecule has 2 aromatic rings. The third-order valence-electron chi connectivity index (χ3n) is 6.95. The van der Waals surface area contributed by atoms with Crippen molar-refractivity contribution >= 4 is 11.6 Å². The average Bonchev–Trinajstić information content (AvgIpc) is 3.38. The number of nitrogens with zero attached hydrogens (tertiary/aromatic N) is 2. The van der Waals surface area contributed by atoms with Crippen LogP contribution in [0.25, 0.3) is 5.70 Å². The fourth-order valence-electron chi connectivity index (χ4n) is 5.21. The van der Waals surface area contributed by atoms with Crippen LogP contribution in [0.2, 0.25) is 0 Å². The zero-order valence-electron chi connectivity index (χ0n) is 17.5. The van der Waals surface area contributed by atoms with Crippen LogP contribution in [-0.2, 0) is 11.2 Å². The second kappa shape index (κ2) is 8.35. The largest absolute Gasteiger partial charge is 0.393 e. The number of carbonyl (C=O) groups excluding carboxylic acids is 1. The molecule has 31 heavy (non-hydrogen) atoms. The molecule has 0 aliphatic carbocycles. The van der Waals surface area contributed by atoms with Gasteiger partial charge in [0.2, 0.25) is 5.91 Å². The van der Waals surface area contributed by atoms with Crippen LogP contribution >= 0.6 is 0 Å². The van der Waals surface area contributed by atoms with Crippen molar-refractivity contribution in [2.75, 3.05) is 19.8 Å². The maximum absolute atomic E-state index is 13.1. The molecule has 1 saturated heterocycles. The summed E-state index contributed by atoms with van der Waals surface area (Å²) in [5, 5.41) is 14.4. The topological polar surface area (TPSA) is 55.8 Å². The Labute approximate surface area is 182 Å². The molecule has 3 aliphatic rings. The van der Waals surface area contributed by atoms with Gasteiger partial charge in [0.05, 0.1) is 30.9 Å². The van der Waals surface area contributed by atoms with Crippen molar-refractivity contribution in [2.45, 2.75) is 37.8 Å². The molecule has 0 bridgehead atoms. The Morgan fingerprint density at radius 3 is 2.65 bits per heavy atom. The average molecular weight is 422 g/mol. The first-order valence-electron chi connectivity index (χ1n) is 11.1. The Hall–Kier alpha value is -2.86. The lowest BCUT2D eigenvalue weighted by atomic mass is 9.86. The molecule has 2 unspecified atom stereocenters. The Balaban J connectivity index is 1.17. The minimum absolute atomic E-state index is 0.0715. The van der Waals surface area contributed by atoms with Crippen LogP contribution in [-0.4, -0.2) is 46.7 Å². The lowest BCUT2D eigenvalue weighted by Gasteiger charge is -2.36. The van der Waals surface area contributed by atoms with E-state index in [1.807, 2.05) is 4.90 Å². The molecule has 1 fully saturated rings. The molecular weight excluding hydrogens is 393 g/mol. The van der Waals surface area contributed by atoms with Crippen molar-refractivity contribution in [1.29, 1.82) is 0 Å². The van der Waals surface area contributed by atoms with Crippen LogP contribution in [0, 0.1) is 11.7 Å². The summed E-state index contributed by atoms with van der Waals surface area (Å²) in [6, 6.07) is 14.8. The van der Waals surface area contributed by atoms with E-state index in [0.29, 0.717) is 25.9 Å². The number of hydrogen-bond acceptors (Lipinski definition) is 4. The number of aliphatic hydroxyl groups excluding tert-OH is 1. The van der Waals surface area contributed by atoms with E-state index in [2.05, 4.69) is 40.7 Å². The van der Waals surface area contributed by atoms with Gasteiger partial charge in [0.1, 0.15) is 5.82 Å². The number of benzene rings is 2. The van der Waals surface area contributed by atoms with Crippen LogP contribution < -0.4 is 5.32 Å². The molecule has 2 aromatic carbocycles. The van der Waals surface area contributed by atoms with Gasteiger partial charge in [0.15, 0.2) is 0 Å². The lowest BCUT2D eigenvalue weighted by molar-refractivity contribution is -0.132. The van der Waals surface area contributed by atoms with Gasteiger partial charge in [-0.15, -0.1) is 0 Å². The highest BCUT2D eigenvalue weighted by Crippen LogP contribution is 2.45. The molecule has 2 atom stereocenters. The van der Waals surface area contributed by atoms with E-state index in [-0.39, 0.29) is 23.7 Å². The summed E-state index contributed by atoms with van der Waals surface area (Å²) in [6.07, 6.45) is 4.29. The second-order valence-electron chi connectivity index (χ2n) is 8.79. The fourth-order valence-corrected chi connectivity index (χ4v) is 5.21. The maximum Gasteiger partial charge on any atom is 0.226 e. The SMILES string of the molecule is O=C(Cc1ccc(F)cc1)N1CCC(C(O)CC2c3ccccc3C3=CNCN32)CC1.